The van der Waals surface area contributed by atoms with Crippen LogP contribution in [0.3, 0.4) is 0 Å². The molecule has 3 rings (SSSR count). The fourth-order valence-corrected chi connectivity index (χ4v) is 8.07. The number of fused-ring (bicyclic) bond motifs is 3. The Balaban J connectivity index is 2.09. The highest BCUT2D eigenvalue weighted by atomic mass is 32.3. The van der Waals surface area contributed by atoms with Crippen molar-refractivity contribution in [3.8, 4) is 5.75 Å². The molecular weight excluding hydrogens is 268 g/mol. The highest BCUT2D eigenvalue weighted by molar-refractivity contribution is 8.33. The third-order valence-electron chi connectivity index (χ3n) is 5.61. The molecule has 1 saturated heterocycles. The van der Waals surface area contributed by atoms with Crippen molar-refractivity contribution < 1.29 is 9.84 Å². The van der Waals surface area contributed by atoms with Gasteiger partial charge in [0.25, 0.3) is 0 Å². The van der Waals surface area contributed by atoms with E-state index in [1.807, 2.05) is 0 Å². The molecule has 2 aliphatic rings. The fraction of sp³-hybridized carbons (Fsp3) is 0.647. The number of methoxy groups -OCH3 is 1. The first-order valence-electron chi connectivity index (χ1n) is 7.54. The lowest BCUT2D eigenvalue weighted by molar-refractivity contribution is 0.333. The van der Waals surface area contributed by atoms with Crippen LogP contribution < -0.4 is 4.74 Å². The summed E-state index contributed by atoms with van der Waals surface area (Å²) in [4.78, 5) is 0. The van der Waals surface area contributed by atoms with Gasteiger partial charge in [0, 0.05) is 10.7 Å². The Bertz CT molecular complexity index is 516. The first-order valence-corrected chi connectivity index (χ1v) is 9.98. The molecule has 0 aromatic heterocycles. The van der Waals surface area contributed by atoms with Gasteiger partial charge in [0.1, 0.15) is 5.75 Å². The molecule has 112 valence electrons. The maximum Gasteiger partial charge on any atom is 0.119 e. The van der Waals surface area contributed by atoms with Crippen molar-refractivity contribution in [1.82, 2.24) is 0 Å². The summed E-state index contributed by atoms with van der Waals surface area (Å²) in [5.41, 5.74) is 3.21. The van der Waals surface area contributed by atoms with E-state index in [4.69, 9.17) is 4.74 Å². The number of aryl methyl sites for hydroxylation is 1. The van der Waals surface area contributed by atoms with Crippen molar-refractivity contribution in [2.45, 2.75) is 43.3 Å². The third-order valence-corrected chi connectivity index (χ3v) is 9.55. The van der Waals surface area contributed by atoms with E-state index in [1.54, 1.807) is 7.11 Å². The molecule has 1 fully saturated rings. The summed E-state index contributed by atoms with van der Waals surface area (Å²) in [5, 5.41) is 10.6. The van der Waals surface area contributed by atoms with Gasteiger partial charge in [-0.05, 0) is 61.0 Å². The van der Waals surface area contributed by atoms with Gasteiger partial charge in [-0.15, -0.1) is 0 Å². The molecule has 0 amide bonds. The molecule has 2 nitrogen and oxygen atoms in total. The lowest BCUT2D eigenvalue weighted by atomic mass is 9.68. The molecule has 0 radical (unpaired) electrons. The van der Waals surface area contributed by atoms with E-state index in [2.05, 4.69) is 31.4 Å². The minimum absolute atomic E-state index is 0.229. The lowest BCUT2D eigenvalue weighted by Gasteiger charge is -2.57. The van der Waals surface area contributed by atoms with Crippen molar-refractivity contribution in [1.29, 1.82) is 0 Å². The summed E-state index contributed by atoms with van der Waals surface area (Å²) in [5.74, 6) is 2.60. The number of benzene rings is 1. The van der Waals surface area contributed by atoms with Crippen LogP contribution in [0.2, 0.25) is 0 Å². The average Bonchev–Trinajstić information content (AvgIpc) is 2.46. The number of hydrogen-bond donors (Lipinski definition) is 1. The Morgan fingerprint density at radius 1 is 1.45 bits per heavy atom. The number of rotatable bonds is 2. The molecule has 1 heterocycles. The van der Waals surface area contributed by atoms with E-state index in [-0.39, 0.29) is 5.41 Å². The van der Waals surface area contributed by atoms with Crippen LogP contribution in [0.5, 0.6) is 5.75 Å². The second-order valence-corrected chi connectivity index (χ2v) is 10.7. The molecule has 1 N–H and O–H groups in total. The first kappa shape index (κ1) is 14.3. The van der Waals surface area contributed by atoms with Gasteiger partial charge >= 0.3 is 0 Å². The zero-order chi connectivity index (χ0) is 14.4. The smallest absolute Gasteiger partial charge is 0.119 e. The lowest BCUT2D eigenvalue weighted by Crippen LogP contribution is -2.48. The summed E-state index contributed by atoms with van der Waals surface area (Å²) in [7, 11) is 0.859. The van der Waals surface area contributed by atoms with Crippen molar-refractivity contribution in [2.75, 3.05) is 25.1 Å². The van der Waals surface area contributed by atoms with Crippen LogP contribution in [0.15, 0.2) is 18.2 Å². The van der Waals surface area contributed by atoms with Gasteiger partial charge in [0.2, 0.25) is 0 Å². The zero-order valence-electron chi connectivity index (χ0n) is 12.8. The van der Waals surface area contributed by atoms with Crippen molar-refractivity contribution in [3.63, 3.8) is 0 Å². The number of hydrogen-bond acceptors (Lipinski definition) is 2. The minimum Gasteiger partial charge on any atom is -0.497 e. The van der Waals surface area contributed by atoms with Crippen LogP contribution in [0.25, 0.3) is 0 Å². The average molecular weight is 294 g/mol. The van der Waals surface area contributed by atoms with E-state index >= 15 is 0 Å². The molecule has 3 atom stereocenters. The molecule has 1 aromatic rings. The van der Waals surface area contributed by atoms with E-state index in [9.17, 15) is 5.11 Å². The van der Waals surface area contributed by atoms with E-state index in [0.29, 0.717) is 11.2 Å². The van der Waals surface area contributed by atoms with Crippen LogP contribution >= 0.6 is 10.0 Å². The normalized spacial score (nSPS) is 39.3. The number of aliphatic hydroxyl groups excluding tert-OH is 1. The van der Waals surface area contributed by atoms with Gasteiger partial charge in [-0.1, -0.05) is 13.0 Å². The molecule has 1 aliphatic carbocycles. The van der Waals surface area contributed by atoms with Crippen molar-refractivity contribution in [2.24, 2.45) is 0 Å². The van der Waals surface area contributed by atoms with Crippen LogP contribution in [0.1, 0.15) is 37.3 Å². The quantitative estimate of drug-likeness (QED) is 0.905. The molecule has 3 heteroatoms. The SMILES string of the molecule is COc1ccc2c(c1)C1(C)CCCS(C)(CO)[C@@H]1CC2. The summed E-state index contributed by atoms with van der Waals surface area (Å²) >= 11 is 0. The van der Waals surface area contributed by atoms with Gasteiger partial charge in [-0.25, -0.2) is 10.0 Å². The van der Waals surface area contributed by atoms with Gasteiger partial charge in [-0.2, -0.15) is 0 Å². The maximum atomic E-state index is 9.96. The summed E-state index contributed by atoms with van der Waals surface area (Å²) in [6.07, 6.45) is 7.25. The Hall–Kier alpha value is -0.670. The van der Waals surface area contributed by atoms with E-state index in [0.717, 1.165) is 12.2 Å². The predicted octanol–water partition coefficient (Wildman–Crippen LogP) is 3.45. The Labute approximate surface area is 123 Å². The summed E-state index contributed by atoms with van der Waals surface area (Å²) in [6.45, 7) is 2.43. The largest absolute Gasteiger partial charge is 0.497 e. The van der Waals surface area contributed by atoms with Gasteiger partial charge in [-0.3, -0.25) is 0 Å². The predicted molar refractivity (Wildman–Crippen MR) is 87.2 cm³/mol. The highest BCUT2D eigenvalue weighted by Gasteiger charge is 2.49. The molecule has 0 bridgehead atoms. The Morgan fingerprint density at radius 3 is 2.95 bits per heavy atom. The molecular formula is C17H26O2S. The van der Waals surface area contributed by atoms with E-state index < -0.39 is 10.0 Å². The molecule has 2 unspecified atom stereocenters. The zero-order valence-corrected chi connectivity index (χ0v) is 13.6. The van der Waals surface area contributed by atoms with Gasteiger partial charge in [0.15, 0.2) is 0 Å². The second-order valence-electron chi connectivity index (χ2n) is 6.76. The number of ether oxygens (including phenoxy) is 1. The van der Waals surface area contributed by atoms with Gasteiger partial charge < -0.3 is 9.84 Å². The third kappa shape index (κ3) is 1.98. The topological polar surface area (TPSA) is 29.5 Å². The molecule has 1 aliphatic heterocycles. The Morgan fingerprint density at radius 2 is 2.25 bits per heavy atom. The first-order chi connectivity index (χ1) is 9.53. The van der Waals surface area contributed by atoms with Crippen LogP contribution in [0, 0.1) is 0 Å². The molecule has 1 aromatic carbocycles. The molecule has 0 spiro atoms. The van der Waals surface area contributed by atoms with E-state index in [1.165, 1.54) is 36.1 Å². The maximum absolute atomic E-state index is 9.96. The fourth-order valence-electron chi connectivity index (χ4n) is 4.48. The number of aliphatic hydroxyl groups is 1. The Kier molecular flexibility index (Phi) is 3.54. The van der Waals surface area contributed by atoms with Crippen LogP contribution in [-0.2, 0) is 11.8 Å². The molecule has 20 heavy (non-hydrogen) atoms. The second kappa shape index (κ2) is 4.96. The minimum atomic E-state index is -0.885. The molecule has 0 saturated carbocycles. The monoisotopic (exact) mass is 294 g/mol. The highest BCUT2D eigenvalue weighted by Crippen LogP contribution is 2.63. The van der Waals surface area contributed by atoms with Crippen molar-refractivity contribution >= 4 is 10.0 Å². The van der Waals surface area contributed by atoms with Crippen LogP contribution in [0.4, 0.5) is 0 Å². The van der Waals surface area contributed by atoms with Gasteiger partial charge in [0.05, 0.1) is 13.0 Å². The standard InChI is InChI=1S/C17H26O2S/c1-17-9-4-10-20(3,12-18)16(17)8-6-13-5-7-14(19-2)11-15(13)17/h5,7,11,16,18H,4,6,8-10,12H2,1-3H3/t16-,17?/m1/s1. The van der Waals surface area contributed by atoms with Crippen LogP contribution in [-0.4, -0.2) is 35.4 Å². The van der Waals surface area contributed by atoms with Crippen molar-refractivity contribution in [3.05, 3.63) is 29.3 Å². The summed E-state index contributed by atoms with van der Waals surface area (Å²) < 4.78 is 5.44. The summed E-state index contributed by atoms with van der Waals surface area (Å²) in [6, 6.07) is 6.59.